The molecule has 1 aromatic rings. The van der Waals surface area contributed by atoms with Crippen molar-refractivity contribution in [2.24, 2.45) is 0 Å². The Balaban J connectivity index is 1.81. The van der Waals surface area contributed by atoms with E-state index in [9.17, 15) is 9.59 Å². The molecule has 1 aliphatic rings. The van der Waals surface area contributed by atoms with E-state index < -0.39 is 0 Å². The second-order valence-electron chi connectivity index (χ2n) is 6.01. The Bertz CT molecular complexity index is 609. The summed E-state index contributed by atoms with van der Waals surface area (Å²) in [6.45, 7) is 7.04. The summed E-state index contributed by atoms with van der Waals surface area (Å²) in [7, 11) is 0. The average molecular weight is 369 g/mol. The molecule has 1 heterocycles. The van der Waals surface area contributed by atoms with Gasteiger partial charge in [-0.3, -0.25) is 14.5 Å². The SMILES string of the molecule is CCOC(=O)CN1CCCN(C(=O)COc2ccc(Cl)cc2C)CC1. The summed E-state index contributed by atoms with van der Waals surface area (Å²) in [5.74, 6) is 0.396. The van der Waals surface area contributed by atoms with Crippen LogP contribution in [-0.4, -0.2) is 67.6 Å². The minimum absolute atomic E-state index is 0.000346. The van der Waals surface area contributed by atoms with Gasteiger partial charge < -0.3 is 14.4 Å². The molecule has 0 spiro atoms. The lowest BCUT2D eigenvalue weighted by Gasteiger charge is -2.21. The number of esters is 1. The second-order valence-corrected chi connectivity index (χ2v) is 6.45. The molecule has 1 fully saturated rings. The number of benzene rings is 1. The normalized spacial score (nSPS) is 15.6. The molecule has 6 nitrogen and oxygen atoms in total. The third-order valence-electron chi connectivity index (χ3n) is 4.09. The van der Waals surface area contributed by atoms with E-state index in [4.69, 9.17) is 21.1 Å². The first-order valence-electron chi connectivity index (χ1n) is 8.54. The monoisotopic (exact) mass is 368 g/mol. The van der Waals surface area contributed by atoms with Crippen molar-refractivity contribution in [1.29, 1.82) is 0 Å². The predicted octanol–water partition coefficient (Wildman–Crippen LogP) is 2.12. The van der Waals surface area contributed by atoms with E-state index in [0.29, 0.717) is 37.0 Å². The van der Waals surface area contributed by atoms with Crippen molar-refractivity contribution in [3.8, 4) is 5.75 Å². The van der Waals surface area contributed by atoms with Crippen molar-refractivity contribution < 1.29 is 19.1 Å². The van der Waals surface area contributed by atoms with Crippen molar-refractivity contribution >= 4 is 23.5 Å². The molecule has 0 radical (unpaired) electrons. The van der Waals surface area contributed by atoms with Gasteiger partial charge >= 0.3 is 5.97 Å². The predicted molar refractivity (Wildman–Crippen MR) is 96.0 cm³/mol. The lowest BCUT2D eigenvalue weighted by atomic mass is 10.2. The van der Waals surface area contributed by atoms with E-state index in [1.54, 1.807) is 30.0 Å². The van der Waals surface area contributed by atoms with Gasteiger partial charge in [-0.15, -0.1) is 0 Å². The standard InChI is InChI=1S/C18H25ClN2O4/c1-3-24-18(23)12-20-7-4-8-21(10-9-20)17(22)13-25-16-6-5-15(19)11-14(16)2/h5-6,11H,3-4,7-10,12-13H2,1-2H3. The van der Waals surface area contributed by atoms with Crippen molar-refractivity contribution in [1.82, 2.24) is 9.80 Å². The van der Waals surface area contributed by atoms with Gasteiger partial charge in [0.25, 0.3) is 5.91 Å². The molecule has 1 saturated heterocycles. The van der Waals surface area contributed by atoms with Crippen LogP contribution in [0.4, 0.5) is 0 Å². The smallest absolute Gasteiger partial charge is 0.320 e. The molecule has 0 unspecified atom stereocenters. The fourth-order valence-corrected chi connectivity index (χ4v) is 3.00. The zero-order valence-electron chi connectivity index (χ0n) is 14.8. The molecule has 1 aliphatic heterocycles. The Kier molecular flexibility index (Phi) is 7.52. The quantitative estimate of drug-likeness (QED) is 0.720. The fourth-order valence-electron chi connectivity index (χ4n) is 2.77. The van der Waals surface area contributed by atoms with Crippen molar-refractivity contribution in [2.45, 2.75) is 20.3 Å². The summed E-state index contributed by atoms with van der Waals surface area (Å²) in [5.41, 5.74) is 0.900. The Hall–Kier alpha value is -1.79. The Morgan fingerprint density at radius 2 is 2.00 bits per heavy atom. The highest BCUT2D eigenvalue weighted by Crippen LogP contribution is 2.21. The van der Waals surface area contributed by atoms with E-state index in [1.807, 2.05) is 11.8 Å². The van der Waals surface area contributed by atoms with Crippen LogP contribution in [-0.2, 0) is 14.3 Å². The summed E-state index contributed by atoms with van der Waals surface area (Å²) in [6.07, 6.45) is 0.825. The summed E-state index contributed by atoms with van der Waals surface area (Å²) in [4.78, 5) is 27.8. The Morgan fingerprint density at radius 1 is 1.20 bits per heavy atom. The number of amides is 1. The van der Waals surface area contributed by atoms with Crippen LogP contribution in [0, 0.1) is 6.92 Å². The number of ether oxygens (including phenoxy) is 2. The van der Waals surface area contributed by atoms with Crippen molar-refractivity contribution in [2.75, 3.05) is 45.9 Å². The minimum atomic E-state index is -0.219. The number of carbonyl (C=O) groups excluding carboxylic acids is 2. The van der Waals surface area contributed by atoms with E-state index in [2.05, 4.69) is 0 Å². The summed E-state index contributed by atoms with van der Waals surface area (Å²) >= 11 is 5.92. The largest absolute Gasteiger partial charge is 0.483 e. The molecule has 0 aliphatic carbocycles. The molecule has 1 aromatic carbocycles. The van der Waals surface area contributed by atoms with Crippen LogP contribution in [0.3, 0.4) is 0 Å². The number of carbonyl (C=O) groups is 2. The van der Waals surface area contributed by atoms with Crippen LogP contribution in [0.15, 0.2) is 18.2 Å². The first-order valence-corrected chi connectivity index (χ1v) is 8.92. The molecule has 2 rings (SSSR count). The molecule has 0 N–H and O–H groups in total. The second kappa shape index (κ2) is 9.63. The number of aryl methyl sites for hydroxylation is 1. The van der Waals surface area contributed by atoms with Gasteiger partial charge in [0, 0.05) is 31.2 Å². The number of hydrogen-bond acceptors (Lipinski definition) is 5. The molecule has 1 amide bonds. The lowest BCUT2D eigenvalue weighted by Crippen LogP contribution is -2.39. The van der Waals surface area contributed by atoms with Crippen LogP contribution in [0.1, 0.15) is 18.9 Å². The number of rotatable bonds is 6. The average Bonchev–Trinajstić information content (AvgIpc) is 2.79. The zero-order valence-corrected chi connectivity index (χ0v) is 15.6. The van der Waals surface area contributed by atoms with Crippen LogP contribution in [0.2, 0.25) is 5.02 Å². The Morgan fingerprint density at radius 3 is 2.72 bits per heavy atom. The van der Waals surface area contributed by atoms with Gasteiger partial charge in [-0.25, -0.2) is 0 Å². The van der Waals surface area contributed by atoms with Gasteiger partial charge in [0.2, 0.25) is 0 Å². The van der Waals surface area contributed by atoms with E-state index >= 15 is 0 Å². The highest BCUT2D eigenvalue weighted by Gasteiger charge is 2.21. The number of nitrogens with zero attached hydrogens (tertiary/aromatic N) is 2. The maximum atomic E-state index is 12.4. The number of halogens is 1. The fraction of sp³-hybridized carbons (Fsp3) is 0.556. The number of hydrogen-bond donors (Lipinski definition) is 0. The van der Waals surface area contributed by atoms with Crippen molar-refractivity contribution in [3.63, 3.8) is 0 Å². The van der Waals surface area contributed by atoms with E-state index in [0.717, 1.165) is 18.5 Å². The van der Waals surface area contributed by atoms with E-state index in [-0.39, 0.29) is 25.0 Å². The van der Waals surface area contributed by atoms with Crippen LogP contribution >= 0.6 is 11.6 Å². The van der Waals surface area contributed by atoms with Crippen LogP contribution in [0.5, 0.6) is 5.75 Å². The van der Waals surface area contributed by atoms with Gasteiger partial charge in [0.05, 0.1) is 13.2 Å². The molecule has 138 valence electrons. The van der Waals surface area contributed by atoms with Gasteiger partial charge in [-0.1, -0.05) is 11.6 Å². The molecule has 0 atom stereocenters. The third kappa shape index (κ3) is 6.21. The molecule has 0 bridgehead atoms. The first kappa shape index (κ1) is 19.5. The van der Waals surface area contributed by atoms with Crippen LogP contribution < -0.4 is 4.74 Å². The molecule has 7 heteroatoms. The minimum Gasteiger partial charge on any atom is -0.483 e. The topological polar surface area (TPSA) is 59.1 Å². The maximum absolute atomic E-state index is 12.4. The zero-order chi connectivity index (χ0) is 18.2. The first-order chi connectivity index (χ1) is 12.0. The van der Waals surface area contributed by atoms with Gasteiger partial charge in [0.1, 0.15) is 5.75 Å². The third-order valence-corrected chi connectivity index (χ3v) is 4.32. The van der Waals surface area contributed by atoms with E-state index in [1.165, 1.54) is 0 Å². The van der Waals surface area contributed by atoms with Crippen LogP contribution in [0.25, 0.3) is 0 Å². The molecule has 0 aromatic heterocycles. The summed E-state index contributed by atoms with van der Waals surface area (Å²) in [6, 6.07) is 5.32. The highest BCUT2D eigenvalue weighted by molar-refractivity contribution is 6.30. The molecular formula is C18H25ClN2O4. The van der Waals surface area contributed by atoms with Gasteiger partial charge in [-0.05, 0) is 44.0 Å². The lowest BCUT2D eigenvalue weighted by molar-refractivity contribution is -0.144. The van der Waals surface area contributed by atoms with Gasteiger partial charge in [-0.2, -0.15) is 0 Å². The summed E-state index contributed by atoms with van der Waals surface area (Å²) in [5, 5.41) is 0.644. The molecular weight excluding hydrogens is 344 g/mol. The van der Waals surface area contributed by atoms with Gasteiger partial charge in [0.15, 0.2) is 6.61 Å². The summed E-state index contributed by atoms with van der Waals surface area (Å²) < 4.78 is 10.6. The Labute approximate surface area is 153 Å². The highest BCUT2D eigenvalue weighted by atomic mass is 35.5. The molecule has 25 heavy (non-hydrogen) atoms. The van der Waals surface area contributed by atoms with Crippen molar-refractivity contribution in [3.05, 3.63) is 28.8 Å². The maximum Gasteiger partial charge on any atom is 0.320 e. The molecule has 0 saturated carbocycles.